The molecule has 0 amide bonds. The van der Waals surface area contributed by atoms with Gasteiger partial charge in [0.2, 0.25) is 0 Å². The summed E-state index contributed by atoms with van der Waals surface area (Å²) in [4.78, 5) is 0.0725. The second kappa shape index (κ2) is 7.62. The predicted octanol–water partition coefficient (Wildman–Crippen LogP) is 5.00. The fourth-order valence-electron chi connectivity index (χ4n) is 2.44. The Kier molecular flexibility index (Phi) is 5.78. The maximum atomic E-state index is 13.0. The average molecular weight is 347 g/mol. The molecule has 1 heterocycles. The zero-order valence-electron chi connectivity index (χ0n) is 14.2. The van der Waals surface area contributed by atoms with Gasteiger partial charge in [0, 0.05) is 11.6 Å². The molecule has 0 fully saturated rings. The van der Waals surface area contributed by atoms with Crippen molar-refractivity contribution >= 4 is 20.9 Å². The number of halogens is 1. The van der Waals surface area contributed by atoms with Crippen molar-refractivity contribution in [2.24, 2.45) is 0 Å². The molecule has 0 N–H and O–H groups in total. The normalized spacial score (nSPS) is 11.2. The number of benzene rings is 2. The van der Waals surface area contributed by atoms with Gasteiger partial charge in [0.1, 0.15) is 5.82 Å². The Morgan fingerprint density at radius 1 is 0.958 bits per heavy atom. The zero-order chi connectivity index (χ0) is 17.7. The third-order valence-corrected chi connectivity index (χ3v) is 5.24. The highest BCUT2D eigenvalue weighted by Gasteiger charge is 2.19. The lowest BCUT2D eigenvalue weighted by Gasteiger charge is -2.08. The lowest BCUT2D eigenvalue weighted by atomic mass is 10.1. The maximum absolute atomic E-state index is 13.0. The molecule has 0 aliphatic carbocycles. The van der Waals surface area contributed by atoms with E-state index in [1.54, 1.807) is 18.3 Å². The highest BCUT2D eigenvalue weighted by Crippen LogP contribution is 2.25. The first-order valence-electron chi connectivity index (χ1n) is 8.05. The van der Waals surface area contributed by atoms with Crippen molar-refractivity contribution in [1.29, 1.82) is 0 Å². The topological polar surface area (TPSA) is 39.1 Å². The second-order valence-electron chi connectivity index (χ2n) is 5.48. The summed E-state index contributed by atoms with van der Waals surface area (Å²) in [5.74, 6) is -0.459. The molecule has 5 heteroatoms. The minimum absolute atomic E-state index is 0.0725. The molecular weight excluding hydrogens is 325 g/mol. The molecule has 3 nitrogen and oxygen atoms in total. The van der Waals surface area contributed by atoms with Crippen molar-refractivity contribution in [1.82, 2.24) is 3.97 Å². The summed E-state index contributed by atoms with van der Waals surface area (Å²) in [5, 5.41) is 0.922. The largest absolute Gasteiger partial charge is 0.268 e. The van der Waals surface area contributed by atoms with Crippen LogP contribution in [0.2, 0.25) is 0 Å². The van der Waals surface area contributed by atoms with E-state index in [0.29, 0.717) is 5.52 Å². The van der Waals surface area contributed by atoms with E-state index in [1.807, 2.05) is 19.1 Å². The van der Waals surface area contributed by atoms with Gasteiger partial charge in [-0.2, -0.15) is 0 Å². The molecule has 0 atom stereocenters. The molecule has 0 spiro atoms. The Balaban J connectivity index is 0.000000647. The summed E-state index contributed by atoms with van der Waals surface area (Å²) in [6, 6.07) is 12.3. The fraction of sp³-hybridized carbons (Fsp3) is 0.263. The Morgan fingerprint density at radius 3 is 2.17 bits per heavy atom. The molecule has 1 aromatic heterocycles. The van der Waals surface area contributed by atoms with Crippen LogP contribution in [0.1, 0.15) is 32.8 Å². The Bertz CT molecular complexity index is 912. The standard InChI is InChI=1S/C16H14FNO2S.C3H8/c1-2-12-4-3-5-16-15(12)10-11-18(16)21(19,20)14-8-6-13(17)7-9-14;1-3-2/h3-11H,2H2,1H3;3H2,1-2H3. The van der Waals surface area contributed by atoms with Crippen molar-refractivity contribution in [3.63, 3.8) is 0 Å². The molecular formula is C19H22FNO2S. The van der Waals surface area contributed by atoms with Gasteiger partial charge in [-0.25, -0.2) is 16.8 Å². The van der Waals surface area contributed by atoms with Crippen molar-refractivity contribution in [3.8, 4) is 0 Å². The van der Waals surface area contributed by atoms with Crippen LogP contribution >= 0.6 is 0 Å². The van der Waals surface area contributed by atoms with Crippen LogP contribution in [0, 0.1) is 5.82 Å². The van der Waals surface area contributed by atoms with Crippen molar-refractivity contribution < 1.29 is 12.8 Å². The van der Waals surface area contributed by atoms with Crippen molar-refractivity contribution in [2.45, 2.75) is 38.5 Å². The monoisotopic (exact) mass is 347 g/mol. The highest BCUT2D eigenvalue weighted by molar-refractivity contribution is 7.90. The van der Waals surface area contributed by atoms with Gasteiger partial charge in [-0.3, -0.25) is 0 Å². The molecule has 0 radical (unpaired) electrons. The molecule has 24 heavy (non-hydrogen) atoms. The van der Waals surface area contributed by atoms with Gasteiger partial charge in [-0.05, 0) is 48.4 Å². The number of aromatic nitrogens is 1. The number of nitrogens with zero attached hydrogens (tertiary/aromatic N) is 1. The van der Waals surface area contributed by atoms with Crippen LogP contribution in [-0.4, -0.2) is 12.4 Å². The third kappa shape index (κ3) is 3.51. The lowest BCUT2D eigenvalue weighted by molar-refractivity contribution is 0.588. The molecule has 0 saturated heterocycles. The number of aryl methyl sites for hydroxylation is 1. The minimum Gasteiger partial charge on any atom is -0.241 e. The first-order valence-corrected chi connectivity index (χ1v) is 9.49. The Morgan fingerprint density at radius 2 is 1.58 bits per heavy atom. The Hall–Kier alpha value is -2.14. The van der Waals surface area contributed by atoms with Crippen LogP contribution in [0.4, 0.5) is 4.39 Å². The first-order chi connectivity index (χ1) is 11.5. The van der Waals surface area contributed by atoms with E-state index >= 15 is 0 Å². The van der Waals surface area contributed by atoms with E-state index in [2.05, 4.69) is 13.8 Å². The van der Waals surface area contributed by atoms with E-state index in [1.165, 1.54) is 22.5 Å². The fourth-order valence-corrected chi connectivity index (χ4v) is 3.79. The zero-order valence-corrected chi connectivity index (χ0v) is 15.0. The molecule has 0 aliphatic heterocycles. The van der Waals surface area contributed by atoms with Crippen molar-refractivity contribution in [3.05, 3.63) is 66.1 Å². The molecule has 0 bridgehead atoms. The van der Waals surface area contributed by atoms with E-state index in [-0.39, 0.29) is 4.90 Å². The van der Waals surface area contributed by atoms with Crippen LogP contribution in [0.15, 0.2) is 59.6 Å². The van der Waals surface area contributed by atoms with Crippen LogP contribution in [0.5, 0.6) is 0 Å². The molecule has 3 rings (SSSR count). The van der Waals surface area contributed by atoms with Gasteiger partial charge in [0.25, 0.3) is 10.0 Å². The molecule has 3 aromatic rings. The van der Waals surface area contributed by atoms with Gasteiger partial charge < -0.3 is 0 Å². The smallest absolute Gasteiger partial charge is 0.241 e. The van der Waals surface area contributed by atoms with Gasteiger partial charge in [-0.1, -0.05) is 39.3 Å². The summed E-state index contributed by atoms with van der Waals surface area (Å²) >= 11 is 0. The summed E-state index contributed by atoms with van der Waals surface area (Å²) in [6.07, 6.45) is 3.63. The second-order valence-corrected chi connectivity index (χ2v) is 7.30. The summed E-state index contributed by atoms with van der Waals surface area (Å²) in [7, 11) is -3.71. The van der Waals surface area contributed by atoms with Crippen LogP contribution < -0.4 is 0 Å². The quantitative estimate of drug-likeness (QED) is 0.669. The van der Waals surface area contributed by atoms with E-state index in [9.17, 15) is 12.8 Å². The lowest BCUT2D eigenvalue weighted by Crippen LogP contribution is -2.11. The van der Waals surface area contributed by atoms with E-state index in [4.69, 9.17) is 0 Å². The van der Waals surface area contributed by atoms with Gasteiger partial charge in [0.05, 0.1) is 10.4 Å². The molecule has 0 saturated carbocycles. The predicted molar refractivity (Wildman–Crippen MR) is 96.3 cm³/mol. The maximum Gasteiger partial charge on any atom is 0.268 e. The third-order valence-electron chi connectivity index (χ3n) is 3.54. The highest BCUT2D eigenvalue weighted by atomic mass is 32.2. The molecule has 0 aliphatic rings. The van der Waals surface area contributed by atoms with Crippen molar-refractivity contribution in [2.75, 3.05) is 0 Å². The van der Waals surface area contributed by atoms with Gasteiger partial charge in [0.15, 0.2) is 0 Å². The summed E-state index contributed by atoms with van der Waals surface area (Å²) < 4.78 is 39.5. The average Bonchev–Trinajstić information content (AvgIpc) is 3.01. The van der Waals surface area contributed by atoms with Crippen LogP contribution in [0.25, 0.3) is 10.9 Å². The van der Waals surface area contributed by atoms with Gasteiger partial charge >= 0.3 is 0 Å². The number of hydrogen-bond acceptors (Lipinski definition) is 2. The first kappa shape index (κ1) is 18.2. The van der Waals surface area contributed by atoms with E-state index in [0.717, 1.165) is 29.5 Å². The molecule has 128 valence electrons. The number of hydrogen-bond donors (Lipinski definition) is 0. The number of fused-ring (bicyclic) bond motifs is 1. The molecule has 2 aromatic carbocycles. The summed E-state index contributed by atoms with van der Waals surface area (Å²) in [5.41, 5.74) is 1.74. The van der Waals surface area contributed by atoms with Gasteiger partial charge in [-0.15, -0.1) is 0 Å². The SMILES string of the molecule is CCC.CCc1cccc2c1ccn2S(=O)(=O)c1ccc(F)cc1. The van der Waals surface area contributed by atoms with Crippen LogP contribution in [0.3, 0.4) is 0 Å². The van der Waals surface area contributed by atoms with E-state index < -0.39 is 15.8 Å². The molecule has 0 unspecified atom stereocenters. The summed E-state index contributed by atoms with van der Waals surface area (Å²) in [6.45, 7) is 6.28. The number of rotatable bonds is 3. The Labute approximate surface area is 142 Å². The minimum atomic E-state index is -3.71. The van der Waals surface area contributed by atoms with Crippen LogP contribution in [-0.2, 0) is 16.4 Å².